The van der Waals surface area contributed by atoms with Gasteiger partial charge in [0.2, 0.25) is 5.91 Å². The molecule has 2 N–H and O–H groups in total. The maximum atomic E-state index is 11.6. The molecule has 0 saturated carbocycles. The minimum atomic E-state index is -1.01. The van der Waals surface area contributed by atoms with Crippen molar-refractivity contribution >= 4 is 35.2 Å². The van der Waals surface area contributed by atoms with Crippen LogP contribution < -0.4 is 5.32 Å². The van der Waals surface area contributed by atoms with Gasteiger partial charge in [-0.05, 0) is 24.3 Å². The second-order valence-electron chi connectivity index (χ2n) is 3.88. The molecule has 110 valence electrons. The molecule has 0 bridgehead atoms. The number of benzene rings is 1. The van der Waals surface area contributed by atoms with E-state index in [0.717, 1.165) is 4.90 Å². The van der Waals surface area contributed by atoms with E-state index in [-0.39, 0.29) is 12.3 Å². The molecule has 0 aliphatic rings. The number of rotatable bonds is 7. The lowest BCUT2D eigenvalue weighted by atomic mass is 10.3. The Hall–Kier alpha value is -1.24. The summed E-state index contributed by atoms with van der Waals surface area (Å²) < 4.78 is 4.46. The highest BCUT2D eigenvalue weighted by atomic mass is 35.5. The number of methoxy groups -OCH3 is 1. The number of thioether (sulfide) groups is 1. The van der Waals surface area contributed by atoms with E-state index >= 15 is 0 Å². The molecule has 0 aliphatic carbocycles. The van der Waals surface area contributed by atoms with Crippen molar-refractivity contribution in [1.29, 1.82) is 0 Å². The Kier molecular flexibility index (Phi) is 7.43. The lowest BCUT2D eigenvalue weighted by Gasteiger charge is -2.13. The number of carbonyl (C=O) groups is 2. The summed E-state index contributed by atoms with van der Waals surface area (Å²) in [5.74, 6) is -0.408. The van der Waals surface area contributed by atoms with Crippen LogP contribution in [0.15, 0.2) is 29.2 Å². The van der Waals surface area contributed by atoms with E-state index in [4.69, 9.17) is 16.7 Å². The summed E-state index contributed by atoms with van der Waals surface area (Å²) in [6.07, 6.45) is 0.237. The summed E-state index contributed by atoms with van der Waals surface area (Å²) in [5.41, 5.74) is 0. The van der Waals surface area contributed by atoms with E-state index in [1.54, 1.807) is 12.1 Å². The zero-order valence-corrected chi connectivity index (χ0v) is 12.5. The average Bonchev–Trinajstić information content (AvgIpc) is 2.46. The van der Waals surface area contributed by atoms with Crippen molar-refractivity contribution in [3.8, 4) is 0 Å². The van der Waals surface area contributed by atoms with Gasteiger partial charge in [-0.25, -0.2) is 4.79 Å². The second kappa shape index (κ2) is 8.84. The fraction of sp³-hybridized carbons (Fsp3) is 0.385. The lowest BCUT2D eigenvalue weighted by molar-refractivity contribution is -0.146. The van der Waals surface area contributed by atoms with Crippen molar-refractivity contribution in [1.82, 2.24) is 5.32 Å². The Morgan fingerprint density at radius 1 is 1.40 bits per heavy atom. The molecule has 1 rings (SSSR count). The highest BCUT2D eigenvalue weighted by molar-refractivity contribution is 7.99. The first-order valence-electron chi connectivity index (χ1n) is 5.93. The standard InChI is InChI=1S/C13H16ClNO4S/c1-19-13(18)11(8-16)15-12(17)6-7-20-10-4-2-9(14)3-5-10/h2-5,11,16H,6-8H2,1H3,(H,15,17). The molecule has 1 aromatic rings. The molecule has 0 aromatic heterocycles. The molecule has 5 nitrogen and oxygen atoms in total. The lowest BCUT2D eigenvalue weighted by Crippen LogP contribution is -2.44. The van der Waals surface area contributed by atoms with Gasteiger partial charge in [-0.1, -0.05) is 11.6 Å². The number of halogens is 1. The third kappa shape index (κ3) is 5.81. The van der Waals surface area contributed by atoms with E-state index < -0.39 is 18.6 Å². The summed E-state index contributed by atoms with van der Waals surface area (Å²) in [4.78, 5) is 23.8. The van der Waals surface area contributed by atoms with Crippen LogP contribution in [-0.2, 0) is 14.3 Å². The predicted octanol–water partition coefficient (Wildman–Crippen LogP) is 1.47. The fourth-order valence-corrected chi connectivity index (χ4v) is 2.36. The molecule has 1 unspecified atom stereocenters. The first kappa shape index (κ1) is 16.8. The molecule has 0 aliphatic heterocycles. The van der Waals surface area contributed by atoms with Gasteiger partial charge in [0.1, 0.15) is 0 Å². The molecule has 0 radical (unpaired) electrons. The fourth-order valence-electron chi connectivity index (χ4n) is 1.38. The number of hydrogen-bond donors (Lipinski definition) is 2. The third-order valence-corrected chi connectivity index (χ3v) is 3.68. The summed E-state index contributed by atoms with van der Waals surface area (Å²) in [5, 5.41) is 12.1. The van der Waals surface area contributed by atoms with Gasteiger partial charge in [0, 0.05) is 22.1 Å². The number of hydrogen-bond acceptors (Lipinski definition) is 5. The normalized spacial score (nSPS) is 11.8. The summed E-state index contributed by atoms with van der Waals surface area (Å²) in [6, 6.07) is 6.30. The number of ether oxygens (including phenoxy) is 1. The first-order chi connectivity index (χ1) is 9.56. The Labute approximate surface area is 126 Å². The third-order valence-electron chi connectivity index (χ3n) is 2.41. The summed E-state index contributed by atoms with van der Waals surface area (Å²) >= 11 is 7.28. The monoisotopic (exact) mass is 317 g/mol. The molecule has 1 atom stereocenters. The van der Waals surface area contributed by atoms with E-state index in [1.165, 1.54) is 18.9 Å². The van der Waals surface area contributed by atoms with Gasteiger partial charge in [0.15, 0.2) is 6.04 Å². The van der Waals surface area contributed by atoms with Crippen LogP contribution in [0.2, 0.25) is 5.02 Å². The van der Waals surface area contributed by atoms with Crippen molar-refractivity contribution in [3.63, 3.8) is 0 Å². The molecule has 1 amide bonds. The highest BCUT2D eigenvalue weighted by Gasteiger charge is 2.19. The molecule has 20 heavy (non-hydrogen) atoms. The van der Waals surface area contributed by atoms with Crippen LogP contribution in [0.5, 0.6) is 0 Å². The molecular formula is C13H16ClNO4S. The first-order valence-corrected chi connectivity index (χ1v) is 7.29. The molecule has 1 aromatic carbocycles. The van der Waals surface area contributed by atoms with Crippen molar-refractivity contribution in [2.75, 3.05) is 19.5 Å². The van der Waals surface area contributed by atoms with E-state index in [0.29, 0.717) is 10.8 Å². The molecule has 0 fully saturated rings. The molecule has 0 spiro atoms. The number of aliphatic hydroxyl groups excluding tert-OH is 1. The Bertz CT molecular complexity index is 452. The largest absolute Gasteiger partial charge is 0.467 e. The van der Waals surface area contributed by atoms with E-state index in [9.17, 15) is 9.59 Å². The van der Waals surface area contributed by atoms with Crippen LogP contribution in [0, 0.1) is 0 Å². The van der Waals surface area contributed by atoms with Crippen molar-refractivity contribution in [2.24, 2.45) is 0 Å². The van der Waals surface area contributed by atoms with Gasteiger partial charge in [-0.2, -0.15) is 0 Å². The number of nitrogens with one attached hydrogen (secondary N) is 1. The molecule has 7 heteroatoms. The van der Waals surface area contributed by atoms with Gasteiger partial charge >= 0.3 is 5.97 Å². The topological polar surface area (TPSA) is 75.6 Å². The van der Waals surface area contributed by atoms with Crippen LogP contribution in [0.1, 0.15) is 6.42 Å². The van der Waals surface area contributed by atoms with Crippen LogP contribution in [-0.4, -0.2) is 42.5 Å². The van der Waals surface area contributed by atoms with E-state index in [2.05, 4.69) is 10.1 Å². The molecular weight excluding hydrogens is 302 g/mol. The number of amides is 1. The minimum absolute atomic E-state index is 0.237. The summed E-state index contributed by atoms with van der Waals surface area (Å²) in [7, 11) is 1.20. The smallest absolute Gasteiger partial charge is 0.330 e. The van der Waals surface area contributed by atoms with Gasteiger partial charge < -0.3 is 15.2 Å². The van der Waals surface area contributed by atoms with Crippen molar-refractivity contribution in [2.45, 2.75) is 17.4 Å². The van der Waals surface area contributed by atoms with Crippen molar-refractivity contribution < 1.29 is 19.4 Å². The zero-order chi connectivity index (χ0) is 15.0. The van der Waals surface area contributed by atoms with Crippen molar-refractivity contribution in [3.05, 3.63) is 29.3 Å². The Morgan fingerprint density at radius 3 is 2.60 bits per heavy atom. The maximum Gasteiger partial charge on any atom is 0.330 e. The van der Waals surface area contributed by atoms with E-state index in [1.807, 2.05) is 12.1 Å². The predicted molar refractivity (Wildman–Crippen MR) is 77.8 cm³/mol. The van der Waals surface area contributed by atoms with Gasteiger partial charge in [-0.15, -0.1) is 11.8 Å². The minimum Gasteiger partial charge on any atom is -0.467 e. The average molecular weight is 318 g/mol. The van der Waals surface area contributed by atoms with Gasteiger partial charge in [0.25, 0.3) is 0 Å². The van der Waals surface area contributed by atoms with Gasteiger partial charge in [-0.3, -0.25) is 4.79 Å². The number of carbonyl (C=O) groups excluding carboxylic acids is 2. The van der Waals surface area contributed by atoms with Crippen LogP contribution in [0.4, 0.5) is 0 Å². The second-order valence-corrected chi connectivity index (χ2v) is 5.48. The van der Waals surface area contributed by atoms with Crippen LogP contribution in [0.3, 0.4) is 0 Å². The number of aliphatic hydroxyl groups is 1. The zero-order valence-electron chi connectivity index (χ0n) is 11.0. The Morgan fingerprint density at radius 2 is 2.05 bits per heavy atom. The number of esters is 1. The highest BCUT2D eigenvalue weighted by Crippen LogP contribution is 2.20. The quantitative estimate of drug-likeness (QED) is 0.588. The molecule has 0 heterocycles. The van der Waals surface area contributed by atoms with Gasteiger partial charge in [0.05, 0.1) is 13.7 Å². The van der Waals surface area contributed by atoms with Crippen LogP contribution >= 0.6 is 23.4 Å². The van der Waals surface area contributed by atoms with Crippen LogP contribution in [0.25, 0.3) is 0 Å². The molecule has 0 saturated heterocycles. The Balaban J connectivity index is 2.32. The summed E-state index contributed by atoms with van der Waals surface area (Å²) in [6.45, 7) is -0.483. The SMILES string of the molecule is COC(=O)C(CO)NC(=O)CCSc1ccc(Cl)cc1. The maximum absolute atomic E-state index is 11.6.